The van der Waals surface area contributed by atoms with Gasteiger partial charge < -0.3 is 20.2 Å². The lowest BCUT2D eigenvalue weighted by Gasteiger charge is -2.42. The van der Waals surface area contributed by atoms with E-state index in [0.717, 1.165) is 0 Å². The molecule has 0 radical (unpaired) electrons. The van der Waals surface area contributed by atoms with Gasteiger partial charge in [-0.15, -0.1) is 0 Å². The lowest BCUT2D eigenvalue weighted by atomic mass is 9.81. The van der Waals surface area contributed by atoms with Crippen molar-refractivity contribution in [2.24, 2.45) is 0 Å². The molecule has 0 spiro atoms. The highest BCUT2D eigenvalue weighted by atomic mass is 16.4. The number of hydrogen-bond donors (Lipinski definition) is 3. The first-order valence-electron chi connectivity index (χ1n) is 5.85. The van der Waals surface area contributed by atoms with E-state index in [4.69, 9.17) is 0 Å². The number of aliphatic carboxylic acids is 1. The summed E-state index contributed by atoms with van der Waals surface area (Å²) in [5, 5.41) is 28.5. The standard InChI is InChI=1S/C13H15NO5/c1-7(15)14-4-3-8-5-10(16)11(17)6-9(8)13(14,2)12(18)19/h5-6,16-17H,3-4H2,1-2H3,(H,18,19). The van der Waals surface area contributed by atoms with Crippen molar-refractivity contribution in [2.75, 3.05) is 6.54 Å². The molecule has 102 valence electrons. The second-order valence-electron chi connectivity index (χ2n) is 4.80. The van der Waals surface area contributed by atoms with Crippen LogP contribution in [-0.2, 0) is 21.5 Å². The van der Waals surface area contributed by atoms with Gasteiger partial charge in [0.1, 0.15) is 0 Å². The zero-order chi connectivity index (χ0) is 14.4. The summed E-state index contributed by atoms with van der Waals surface area (Å²) in [7, 11) is 0. The van der Waals surface area contributed by atoms with Gasteiger partial charge in [-0.05, 0) is 36.6 Å². The summed E-state index contributed by atoms with van der Waals surface area (Å²) in [5.74, 6) is -2.20. The number of fused-ring (bicyclic) bond motifs is 1. The fourth-order valence-electron chi connectivity index (χ4n) is 2.58. The van der Waals surface area contributed by atoms with Gasteiger partial charge in [0.05, 0.1) is 0 Å². The van der Waals surface area contributed by atoms with Crippen molar-refractivity contribution in [2.45, 2.75) is 25.8 Å². The Kier molecular flexibility index (Phi) is 2.88. The van der Waals surface area contributed by atoms with Crippen molar-refractivity contribution in [3.63, 3.8) is 0 Å². The summed E-state index contributed by atoms with van der Waals surface area (Å²) in [4.78, 5) is 24.5. The normalized spacial score (nSPS) is 21.9. The Morgan fingerprint density at radius 1 is 1.26 bits per heavy atom. The lowest BCUT2D eigenvalue weighted by molar-refractivity contribution is -0.159. The van der Waals surface area contributed by atoms with Crippen molar-refractivity contribution in [1.29, 1.82) is 0 Å². The Labute approximate surface area is 109 Å². The maximum atomic E-state index is 11.6. The number of rotatable bonds is 1. The van der Waals surface area contributed by atoms with Crippen LogP contribution in [0.25, 0.3) is 0 Å². The number of carbonyl (C=O) groups is 2. The molecule has 2 rings (SSSR count). The minimum atomic E-state index is -1.54. The van der Waals surface area contributed by atoms with Gasteiger partial charge in [-0.2, -0.15) is 0 Å². The Morgan fingerprint density at radius 2 is 1.84 bits per heavy atom. The number of amides is 1. The second-order valence-corrected chi connectivity index (χ2v) is 4.80. The summed E-state index contributed by atoms with van der Waals surface area (Å²) in [6.45, 7) is 2.99. The summed E-state index contributed by atoms with van der Waals surface area (Å²) in [6.07, 6.45) is 0.436. The minimum absolute atomic E-state index is 0.259. The molecule has 3 N–H and O–H groups in total. The third kappa shape index (κ3) is 1.80. The predicted molar refractivity (Wildman–Crippen MR) is 65.9 cm³/mol. The number of nitrogens with zero attached hydrogens (tertiary/aromatic N) is 1. The number of carbonyl (C=O) groups excluding carboxylic acids is 1. The summed E-state index contributed by atoms with van der Waals surface area (Å²) < 4.78 is 0. The quantitative estimate of drug-likeness (QED) is 0.652. The minimum Gasteiger partial charge on any atom is -0.504 e. The van der Waals surface area contributed by atoms with Crippen LogP contribution in [0.3, 0.4) is 0 Å². The molecule has 0 aliphatic carbocycles. The predicted octanol–water partition coefficient (Wildman–Crippen LogP) is 0.802. The summed E-state index contributed by atoms with van der Waals surface area (Å²) >= 11 is 0. The Bertz CT molecular complexity index is 568. The first-order chi connectivity index (χ1) is 8.78. The molecule has 1 atom stereocenters. The van der Waals surface area contributed by atoms with Gasteiger partial charge in [0.2, 0.25) is 5.91 Å². The molecule has 0 aromatic heterocycles. The van der Waals surface area contributed by atoms with E-state index in [9.17, 15) is 24.9 Å². The number of aromatic hydroxyl groups is 2. The van der Waals surface area contributed by atoms with E-state index in [2.05, 4.69) is 0 Å². The molecule has 1 aliphatic heterocycles. The van der Waals surface area contributed by atoms with Crippen LogP contribution in [0.2, 0.25) is 0 Å². The first-order valence-corrected chi connectivity index (χ1v) is 5.85. The van der Waals surface area contributed by atoms with E-state index < -0.39 is 17.3 Å². The van der Waals surface area contributed by atoms with Crippen molar-refractivity contribution in [3.05, 3.63) is 23.3 Å². The van der Waals surface area contributed by atoms with Crippen LogP contribution in [-0.4, -0.2) is 38.6 Å². The van der Waals surface area contributed by atoms with Crippen LogP contribution in [0.15, 0.2) is 12.1 Å². The van der Waals surface area contributed by atoms with Gasteiger partial charge in [0, 0.05) is 13.5 Å². The highest BCUT2D eigenvalue weighted by Gasteiger charge is 2.47. The number of phenols is 2. The summed E-state index contributed by atoms with van der Waals surface area (Å²) in [6, 6.07) is 2.57. The number of carboxylic acid groups (broad SMARTS) is 1. The van der Waals surface area contributed by atoms with Gasteiger partial charge in [0.15, 0.2) is 17.0 Å². The molecule has 1 heterocycles. The van der Waals surface area contributed by atoms with Gasteiger partial charge >= 0.3 is 5.97 Å². The molecule has 1 aromatic rings. The molecular weight excluding hydrogens is 250 g/mol. The van der Waals surface area contributed by atoms with E-state index in [1.54, 1.807) is 0 Å². The molecule has 6 heteroatoms. The average molecular weight is 265 g/mol. The van der Waals surface area contributed by atoms with E-state index in [0.29, 0.717) is 17.5 Å². The second kappa shape index (κ2) is 4.15. The van der Waals surface area contributed by atoms with Crippen LogP contribution in [0.1, 0.15) is 25.0 Å². The molecule has 1 aromatic carbocycles. The fraction of sp³-hybridized carbons (Fsp3) is 0.385. The van der Waals surface area contributed by atoms with Crippen molar-refractivity contribution < 1.29 is 24.9 Å². The highest BCUT2D eigenvalue weighted by molar-refractivity contribution is 5.88. The summed E-state index contributed by atoms with van der Waals surface area (Å²) in [5.41, 5.74) is -0.584. The Balaban J connectivity index is 2.69. The van der Waals surface area contributed by atoms with E-state index in [1.807, 2.05) is 0 Å². The monoisotopic (exact) mass is 265 g/mol. The van der Waals surface area contributed by atoms with E-state index >= 15 is 0 Å². The van der Waals surface area contributed by atoms with Gasteiger partial charge in [-0.1, -0.05) is 0 Å². The van der Waals surface area contributed by atoms with Crippen LogP contribution >= 0.6 is 0 Å². The molecule has 0 bridgehead atoms. The molecule has 6 nitrogen and oxygen atoms in total. The average Bonchev–Trinajstić information content (AvgIpc) is 2.31. The van der Waals surface area contributed by atoms with Crippen LogP contribution in [0.5, 0.6) is 11.5 Å². The maximum absolute atomic E-state index is 11.6. The van der Waals surface area contributed by atoms with Crippen LogP contribution < -0.4 is 0 Å². The topological polar surface area (TPSA) is 98.1 Å². The zero-order valence-electron chi connectivity index (χ0n) is 10.7. The number of benzene rings is 1. The van der Waals surface area contributed by atoms with Gasteiger partial charge in [0.25, 0.3) is 0 Å². The molecule has 1 amide bonds. The largest absolute Gasteiger partial charge is 0.504 e. The Hall–Kier alpha value is -2.24. The number of carboxylic acids is 1. The Morgan fingerprint density at radius 3 is 2.37 bits per heavy atom. The molecule has 1 aliphatic rings. The van der Waals surface area contributed by atoms with Crippen molar-refractivity contribution in [1.82, 2.24) is 4.90 Å². The van der Waals surface area contributed by atoms with E-state index in [-0.39, 0.29) is 18.2 Å². The number of hydrogen-bond acceptors (Lipinski definition) is 4. The lowest BCUT2D eigenvalue weighted by Crippen LogP contribution is -2.55. The van der Waals surface area contributed by atoms with E-state index in [1.165, 1.54) is 30.9 Å². The fourth-order valence-corrected chi connectivity index (χ4v) is 2.58. The van der Waals surface area contributed by atoms with Gasteiger partial charge in [-0.3, -0.25) is 4.79 Å². The third-order valence-electron chi connectivity index (χ3n) is 3.67. The molecule has 19 heavy (non-hydrogen) atoms. The third-order valence-corrected chi connectivity index (χ3v) is 3.67. The SMILES string of the molecule is CC(=O)N1CCc2cc(O)c(O)cc2C1(C)C(=O)O. The molecule has 0 fully saturated rings. The molecule has 0 saturated heterocycles. The molecule has 0 saturated carbocycles. The first kappa shape index (κ1) is 13.2. The molecular formula is C13H15NO5. The van der Waals surface area contributed by atoms with Crippen LogP contribution in [0.4, 0.5) is 0 Å². The van der Waals surface area contributed by atoms with Crippen LogP contribution in [0, 0.1) is 0 Å². The number of phenolic OH excluding ortho intramolecular Hbond substituents is 2. The zero-order valence-corrected chi connectivity index (χ0v) is 10.7. The van der Waals surface area contributed by atoms with Crippen molar-refractivity contribution in [3.8, 4) is 11.5 Å². The van der Waals surface area contributed by atoms with Gasteiger partial charge in [-0.25, -0.2) is 4.79 Å². The highest BCUT2D eigenvalue weighted by Crippen LogP contribution is 2.40. The molecule has 1 unspecified atom stereocenters. The van der Waals surface area contributed by atoms with Crippen molar-refractivity contribution >= 4 is 11.9 Å². The maximum Gasteiger partial charge on any atom is 0.334 e. The smallest absolute Gasteiger partial charge is 0.334 e.